The van der Waals surface area contributed by atoms with Crippen LogP contribution < -0.4 is 3.58 Å². The second kappa shape index (κ2) is 12.1. The van der Waals surface area contributed by atoms with E-state index < -0.39 is 37.5 Å². The van der Waals surface area contributed by atoms with Gasteiger partial charge in [-0.05, 0) is 0 Å². The molecule has 0 aromatic heterocycles. The first-order chi connectivity index (χ1) is 16.2. The summed E-state index contributed by atoms with van der Waals surface area (Å²) in [6.45, 7) is 10.00. The Kier molecular flexibility index (Phi) is 10.0. The first-order valence-electron chi connectivity index (χ1n) is 11.6. The number of halogens is 3. The van der Waals surface area contributed by atoms with Crippen molar-refractivity contribution < 1.29 is 23.1 Å². The molecule has 187 valence electrons. The molecule has 0 aliphatic carbocycles. The molecular formula is C29H34F3O2Sn. The molecule has 0 aliphatic heterocycles. The molecule has 3 aromatic rings. The molecule has 0 saturated heterocycles. The SMILES string of the molecule is CC(=O)O.CC(C)([CH2][Sn]([CH2]C(C)(C)c1ccccc1)[c]1cccc(C(F)(F)F)c1)c1ccccc1. The van der Waals surface area contributed by atoms with Gasteiger partial charge < -0.3 is 5.11 Å². The Labute approximate surface area is 213 Å². The van der Waals surface area contributed by atoms with Crippen LogP contribution in [-0.4, -0.2) is 30.8 Å². The predicted octanol–water partition coefficient (Wildman–Crippen LogP) is 7.45. The molecule has 0 heterocycles. The molecule has 0 aliphatic rings. The van der Waals surface area contributed by atoms with Gasteiger partial charge in [-0.2, -0.15) is 0 Å². The summed E-state index contributed by atoms with van der Waals surface area (Å²) in [6.07, 6.45) is -4.31. The summed E-state index contributed by atoms with van der Waals surface area (Å²) in [7, 11) is 0. The third-order valence-electron chi connectivity index (χ3n) is 6.02. The van der Waals surface area contributed by atoms with Crippen LogP contribution >= 0.6 is 0 Å². The van der Waals surface area contributed by atoms with Crippen molar-refractivity contribution in [2.45, 2.75) is 60.5 Å². The molecule has 0 unspecified atom stereocenters. The molecule has 35 heavy (non-hydrogen) atoms. The number of hydrogen-bond acceptors (Lipinski definition) is 1. The van der Waals surface area contributed by atoms with Crippen molar-refractivity contribution in [1.29, 1.82) is 0 Å². The van der Waals surface area contributed by atoms with Gasteiger partial charge in [0.25, 0.3) is 5.97 Å². The summed E-state index contributed by atoms with van der Waals surface area (Å²) >= 11 is -2.51. The normalized spacial score (nSPS) is 12.1. The molecule has 1 radical (unpaired) electrons. The zero-order chi connectivity index (χ0) is 26.3. The Bertz CT molecular complexity index is 1020. The number of carboxylic acids is 1. The number of alkyl halides is 3. The van der Waals surface area contributed by atoms with Gasteiger partial charge >= 0.3 is 192 Å². The van der Waals surface area contributed by atoms with Crippen LogP contribution in [0.3, 0.4) is 0 Å². The fourth-order valence-electron chi connectivity index (χ4n) is 4.23. The monoisotopic (exact) mass is 591 g/mol. The van der Waals surface area contributed by atoms with E-state index in [1.54, 1.807) is 6.07 Å². The fourth-order valence-corrected chi connectivity index (χ4v) is 15.0. The predicted molar refractivity (Wildman–Crippen MR) is 139 cm³/mol. The molecule has 0 bridgehead atoms. The van der Waals surface area contributed by atoms with Gasteiger partial charge in [0.05, 0.1) is 0 Å². The van der Waals surface area contributed by atoms with E-state index >= 15 is 0 Å². The maximum absolute atomic E-state index is 13.5. The number of aliphatic carboxylic acids is 1. The average molecular weight is 590 g/mol. The minimum atomic E-state index is -4.31. The number of carbonyl (C=O) groups is 1. The number of benzene rings is 3. The molecule has 3 rings (SSSR count). The Balaban J connectivity index is 0.00000100. The Morgan fingerprint density at radius 2 is 1.09 bits per heavy atom. The summed E-state index contributed by atoms with van der Waals surface area (Å²) < 4.78 is 43.2. The molecule has 0 saturated carbocycles. The van der Waals surface area contributed by atoms with E-state index in [-0.39, 0.29) is 10.8 Å². The summed E-state index contributed by atoms with van der Waals surface area (Å²) in [4.78, 5) is 9.00. The van der Waals surface area contributed by atoms with Crippen LogP contribution in [0, 0.1) is 0 Å². The topological polar surface area (TPSA) is 37.3 Å². The van der Waals surface area contributed by atoms with Crippen molar-refractivity contribution in [3.63, 3.8) is 0 Å². The van der Waals surface area contributed by atoms with E-state index in [1.165, 1.54) is 23.3 Å². The van der Waals surface area contributed by atoms with Crippen LogP contribution in [0.15, 0.2) is 84.9 Å². The van der Waals surface area contributed by atoms with E-state index in [2.05, 4.69) is 52.0 Å². The Hall–Kier alpha value is -2.28. The van der Waals surface area contributed by atoms with Gasteiger partial charge in [-0.25, -0.2) is 0 Å². The summed E-state index contributed by atoms with van der Waals surface area (Å²) in [5.41, 5.74) is 1.79. The second-order valence-electron chi connectivity index (χ2n) is 10.1. The number of hydrogen-bond donors (Lipinski definition) is 1. The molecule has 0 amide bonds. The zero-order valence-corrected chi connectivity index (χ0v) is 23.8. The Morgan fingerprint density at radius 1 is 0.714 bits per heavy atom. The molecule has 3 aromatic carbocycles. The summed E-state index contributed by atoms with van der Waals surface area (Å²) in [5, 5.41) is 7.42. The quantitative estimate of drug-likeness (QED) is 0.291. The zero-order valence-electron chi connectivity index (χ0n) is 21.0. The van der Waals surface area contributed by atoms with Crippen molar-refractivity contribution in [2.75, 3.05) is 0 Å². The Morgan fingerprint density at radius 3 is 1.46 bits per heavy atom. The van der Waals surface area contributed by atoms with Crippen molar-refractivity contribution in [2.24, 2.45) is 0 Å². The van der Waals surface area contributed by atoms with Gasteiger partial charge in [0.15, 0.2) is 0 Å². The van der Waals surface area contributed by atoms with Crippen molar-refractivity contribution in [1.82, 2.24) is 0 Å². The van der Waals surface area contributed by atoms with Crippen molar-refractivity contribution >= 4 is 29.3 Å². The average Bonchev–Trinajstić information content (AvgIpc) is 2.79. The first-order valence-corrected chi connectivity index (χ1v) is 17.0. The standard InChI is InChI=1S/2C10H13.C7H4F3.C2H4O2.Sn/c2*1-10(2,3)9-7-5-4-6-8-9;8-7(9,10)6-4-2-1-3-5-6;1-2(3)4;/h2*4-8H,1H2,2-3H3;1-2,4-5H;1H3,(H,3,4);. The van der Waals surface area contributed by atoms with Gasteiger partial charge in [0.1, 0.15) is 0 Å². The fraction of sp³-hybridized carbons (Fsp3) is 0.345. The van der Waals surface area contributed by atoms with Crippen LogP contribution in [0.4, 0.5) is 13.2 Å². The third kappa shape index (κ3) is 9.02. The molecule has 0 atom stereocenters. The summed E-state index contributed by atoms with van der Waals surface area (Å²) in [5.74, 6) is -0.833. The van der Waals surface area contributed by atoms with Crippen molar-refractivity contribution in [3.05, 3.63) is 102 Å². The maximum atomic E-state index is 13.5. The number of rotatable bonds is 7. The van der Waals surface area contributed by atoms with Gasteiger partial charge in [-0.3, -0.25) is 4.79 Å². The van der Waals surface area contributed by atoms with E-state index in [0.717, 1.165) is 19.4 Å². The van der Waals surface area contributed by atoms with E-state index in [1.807, 2.05) is 42.5 Å². The van der Waals surface area contributed by atoms with Crippen LogP contribution in [0.25, 0.3) is 0 Å². The van der Waals surface area contributed by atoms with Gasteiger partial charge in [0, 0.05) is 6.92 Å². The van der Waals surface area contributed by atoms with E-state index in [9.17, 15) is 13.2 Å². The van der Waals surface area contributed by atoms with E-state index in [4.69, 9.17) is 9.90 Å². The molecule has 0 spiro atoms. The molecule has 6 heteroatoms. The number of carboxylic acid groups (broad SMARTS) is 1. The van der Waals surface area contributed by atoms with Gasteiger partial charge in [-0.15, -0.1) is 0 Å². The van der Waals surface area contributed by atoms with Gasteiger partial charge in [-0.1, -0.05) is 0 Å². The van der Waals surface area contributed by atoms with Gasteiger partial charge in [0.2, 0.25) is 0 Å². The molecular weight excluding hydrogens is 556 g/mol. The van der Waals surface area contributed by atoms with E-state index in [0.29, 0.717) is 0 Å². The summed E-state index contributed by atoms with van der Waals surface area (Å²) in [6, 6.07) is 26.8. The first kappa shape index (κ1) is 29.0. The second-order valence-corrected chi connectivity index (χ2v) is 17.2. The van der Waals surface area contributed by atoms with Crippen LogP contribution in [0.2, 0.25) is 8.87 Å². The molecule has 1 N–H and O–H groups in total. The van der Waals surface area contributed by atoms with Crippen LogP contribution in [-0.2, 0) is 21.8 Å². The van der Waals surface area contributed by atoms with Crippen molar-refractivity contribution in [3.8, 4) is 0 Å². The minimum absolute atomic E-state index is 0.0863. The van der Waals surface area contributed by atoms with Crippen LogP contribution in [0.5, 0.6) is 0 Å². The third-order valence-corrected chi connectivity index (χ3v) is 16.7. The molecule has 2 nitrogen and oxygen atoms in total. The van der Waals surface area contributed by atoms with Crippen LogP contribution in [0.1, 0.15) is 51.3 Å². The molecule has 0 fully saturated rings.